The van der Waals surface area contributed by atoms with Gasteiger partial charge in [-0.15, -0.1) is 0 Å². The number of hydrogen-bond donors (Lipinski definition) is 2. The van der Waals surface area contributed by atoms with Crippen molar-refractivity contribution in [2.75, 3.05) is 0 Å². The maximum Gasteiger partial charge on any atom is 0.337 e. The number of carboxylic acid groups (broad SMARTS) is 1. The minimum Gasteiger partial charge on any atom is -0.478 e. The van der Waals surface area contributed by atoms with Gasteiger partial charge in [0.05, 0.1) is 5.56 Å². The molecule has 2 rings (SSSR count). The molecule has 1 fully saturated rings. The second-order valence-corrected chi connectivity index (χ2v) is 4.59. The van der Waals surface area contributed by atoms with Gasteiger partial charge in [-0.2, -0.15) is 0 Å². The number of aromatic amines is 1. The predicted octanol–water partition coefficient (Wildman–Crippen LogP) is 3.01. The summed E-state index contributed by atoms with van der Waals surface area (Å²) in [4.78, 5) is 13.9. The maximum absolute atomic E-state index is 11.0. The summed E-state index contributed by atoms with van der Waals surface area (Å²) in [6.07, 6.45) is 8.13. The first-order valence-corrected chi connectivity index (χ1v) is 5.58. The number of rotatable bonds is 2. The summed E-state index contributed by atoms with van der Waals surface area (Å²) in [6.45, 7) is 2.27. The van der Waals surface area contributed by atoms with E-state index in [1.54, 1.807) is 6.20 Å². The summed E-state index contributed by atoms with van der Waals surface area (Å²) in [5, 5.41) is 9.02. The Hall–Kier alpha value is -1.25. The molecule has 0 saturated heterocycles. The van der Waals surface area contributed by atoms with Crippen molar-refractivity contribution in [2.45, 2.75) is 38.5 Å². The molecule has 1 saturated carbocycles. The molecule has 1 aliphatic rings. The van der Waals surface area contributed by atoms with Crippen LogP contribution < -0.4 is 0 Å². The van der Waals surface area contributed by atoms with E-state index in [4.69, 9.17) is 5.11 Å². The lowest BCUT2D eigenvalue weighted by Crippen LogP contribution is -2.12. The number of H-pyrrole nitrogens is 1. The van der Waals surface area contributed by atoms with E-state index in [1.807, 2.05) is 6.20 Å². The van der Waals surface area contributed by atoms with Crippen LogP contribution in [0.25, 0.3) is 0 Å². The molecule has 1 aromatic rings. The highest BCUT2D eigenvalue weighted by atomic mass is 16.4. The number of nitrogens with one attached hydrogen (secondary N) is 1. The fraction of sp³-hybridized carbons (Fsp3) is 0.583. The minimum atomic E-state index is -0.815. The second kappa shape index (κ2) is 4.09. The molecule has 0 unspecified atom stereocenters. The van der Waals surface area contributed by atoms with Crippen LogP contribution in [0, 0.1) is 5.92 Å². The van der Waals surface area contributed by atoms with Gasteiger partial charge >= 0.3 is 5.97 Å². The lowest BCUT2D eigenvalue weighted by molar-refractivity contribution is 0.0695. The summed E-state index contributed by atoms with van der Waals surface area (Å²) in [5.74, 6) is 0.428. The van der Waals surface area contributed by atoms with Crippen molar-refractivity contribution in [3.8, 4) is 0 Å². The van der Waals surface area contributed by atoms with E-state index in [9.17, 15) is 4.79 Å². The molecule has 2 N–H and O–H groups in total. The second-order valence-electron chi connectivity index (χ2n) is 4.59. The lowest BCUT2D eigenvalue weighted by Gasteiger charge is -2.26. The largest absolute Gasteiger partial charge is 0.478 e. The van der Waals surface area contributed by atoms with E-state index in [0.717, 1.165) is 24.3 Å². The zero-order chi connectivity index (χ0) is 10.8. The van der Waals surface area contributed by atoms with E-state index >= 15 is 0 Å². The predicted molar refractivity (Wildman–Crippen MR) is 58.1 cm³/mol. The molecule has 0 atom stereocenters. The van der Waals surface area contributed by atoms with E-state index in [-0.39, 0.29) is 0 Å². The number of carbonyl (C=O) groups is 1. The smallest absolute Gasteiger partial charge is 0.337 e. The fourth-order valence-corrected chi connectivity index (χ4v) is 2.47. The summed E-state index contributed by atoms with van der Waals surface area (Å²) >= 11 is 0. The van der Waals surface area contributed by atoms with Crippen LogP contribution in [0.1, 0.15) is 54.4 Å². The van der Waals surface area contributed by atoms with Crippen LogP contribution in [0.2, 0.25) is 0 Å². The monoisotopic (exact) mass is 207 g/mol. The third kappa shape index (κ3) is 2.06. The molecule has 3 heteroatoms. The SMILES string of the molecule is CC1CCC(c2c[nH]cc2C(=O)O)CC1. The van der Waals surface area contributed by atoms with Crippen LogP contribution in [-0.2, 0) is 0 Å². The average Bonchev–Trinajstić information content (AvgIpc) is 2.67. The number of hydrogen-bond acceptors (Lipinski definition) is 1. The number of aromatic carboxylic acids is 1. The van der Waals surface area contributed by atoms with E-state index in [1.165, 1.54) is 12.8 Å². The van der Waals surface area contributed by atoms with Crippen LogP contribution >= 0.6 is 0 Å². The molecule has 82 valence electrons. The number of carboxylic acids is 1. The average molecular weight is 207 g/mol. The van der Waals surface area contributed by atoms with Gasteiger partial charge in [0.25, 0.3) is 0 Å². The summed E-state index contributed by atoms with van der Waals surface area (Å²) in [6, 6.07) is 0. The Labute approximate surface area is 89.5 Å². The third-order valence-electron chi connectivity index (χ3n) is 3.46. The Balaban J connectivity index is 2.15. The maximum atomic E-state index is 11.0. The Bertz CT molecular complexity index is 348. The minimum absolute atomic E-state index is 0.443. The summed E-state index contributed by atoms with van der Waals surface area (Å²) in [5.41, 5.74) is 1.45. The van der Waals surface area contributed by atoms with Crippen molar-refractivity contribution in [3.05, 3.63) is 23.5 Å². The Morgan fingerprint density at radius 1 is 1.33 bits per heavy atom. The standard InChI is InChI=1S/C12H17NO2/c1-8-2-4-9(5-3-8)10-6-13-7-11(10)12(14)15/h6-9,13H,2-5H2,1H3,(H,14,15). The quantitative estimate of drug-likeness (QED) is 0.783. The number of aromatic nitrogens is 1. The van der Waals surface area contributed by atoms with E-state index in [2.05, 4.69) is 11.9 Å². The topological polar surface area (TPSA) is 53.1 Å². The first-order valence-electron chi connectivity index (χ1n) is 5.58. The molecule has 3 nitrogen and oxygen atoms in total. The fourth-order valence-electron chi connectivity index (χ4n) is 2.47. The first-order chi connectivity index (χ1) is 7.18. The van der Waals surface area contributed by atoms with Gasteiger partial charge in [-0.05, 0) is 30.2 Å². The highest BCUT2D eigenvalue weighted by Gasteiger charge is 2.24. The molecule has 1 aromatic heterocycles. The molecule has 0 aliphatic heterocycles. The third-order valence-corrected chi connectivity index (χ3v) is 3.46. The highest BCUT2D eigenvalue weighted by molar-refractivity contribution is 5.89. The van der Waals surface area contributed by atoms with Crippen molar-refractivity contribution in [3.63, 3.8) is 0 Å². The van der Waals surface area contributed by atoms with Crippen LogP contribution in [-0.4, -0.2) is 16.1 Å². The Morgan fingerprint density at radius 2 is 2.00 bits per heavy atom. The summed E-state index contributed by atoms with van der Waals surface area (Å²) < 4.78 is 0. The molecule has 0 radical (unpaired) electrons. The van der Waals surface area contributed by atoms with Crippen molar-refractivity contribution >= 4 is 5.97 Å². The molecule has 15 heavy (non-hydrogen) atoms. The van der Waals surface area contributed by atoms with Crippen molar-refractivity contribution in [1.29, 1.82) is 0 Å². The van der Waals surface area contributed by atoms with E-state index < -0.39 is 5.97 Å². The molecule has 0 bridgehead atoms. The van der Waals surface area contributed by atoms with Crippen LogP contribution in [0.3, 0.4) is 0 Å². The molecule has 0 spiro atoms. The van der Waals surface area contributed by atoms with Gasteiger partial charge in [0.2, 0.25) is 0 Å². The van der Waals surface area contributed by atoms with Gasteiger partial charge < -0.3 is 10.1 Å². The molecular formula is C12H17NO2. The molecular weight excluding hydrogens is 190 g/mol. The highest BCUT2D eigenvalue weighted by Crippen LogP contribution is 2.36. The van der Waals surface area contributed by atoms with Gasteiger partial charge in [-0.25, -0.2) is 4.79 Å². The van der Waals surface area contributed by atoms with Crippen molar-refractivity contribution < 1.29 is 9.90 Å². The normalized spacial score (nSPS) is 26.5. The first kappa shape index (κ1) is 10.3. The molecule has 0 amide bonds. The zero-order valence-corrected chi connectivity index (χ0v) is 8.99. The zero-order valence-electron chi connectivity index (χ0n) is 8.99. The Kier molecular flexibility index (Phi) is 2.80. The van der Waals surface area contributed by atoms with Gasteiger partial charge in [-0.1, -0.05) is 19.8 Å². The van der Waals surface area contributed by atoms with Gasteiger partial charge in [0, 0.05) is 12.4 Å². The van der Waals surface area contributed by atoms with Crippen LogP contribution in [0.5, 0.6) is 0 Å². The van der Waals surface area contributed by atoms with Crippen molar-refractivity contribution in [2.24, 2.45) is 5.92 Å². The van der Waals surface area contributed by atoms with Crippen LogP contribution in [0.15, 0.2) is 12.4 Å². The van der Waals surface area contributed by atoms with Crippen LogP contribution in [0.4, 0.5) is 0 Å². The molecule has 0 aromatic carbocycles. The van der Waals surface area contributed by atoms with Crippen molar-refractivity contribution in [1.82, 2.24) is 4.98 Å². The Morgan fingerprint density at radius 3 is 2.60 bits per heavy atom. The molecule has 1 aliphatic carbocycles. The summed E-state index contributed by atoms with van der Waals surface area (Å²) in [7, 11) is 0. The molecule has 1 heterocycles. The van der Waals surface area contributed by atoms with Gasteiger partial charge in [0.15, 0.2) is 0 Å². The van der Waals surface area contributed by atoms with Gasteiger partial charge in [0.1, 0.15) is 0 Å². The van der Waals surface area contributed by atoms with E-state index in [0.29, 0.717) is 11.5 Å². The van der Waals surface area contributed by atoms with Gasteiger partial charge in [-0.3, -0.25) is 0 Å². The lowest BCUT2D eigenvalue weighted by atomic mass is 9.79.